The lowest BCUT2D eigenvalue weighted by Crippen LogP contribution is -2.50. The maximum Gasteiger partial charge on any atom is 0.392 e. The fourth-order valence-corrected chi connectivity index (χ4v) is 3.78. The third-order valence-corrected chi connectivity index (χ3v) is 4.73. The fourth-order valence-electron chi connectivity index (χ4n) is 2.65. The van der Waals surface area contributed by atoms with Gasteiger partial charge in [-0.3, -0.25) is 13.6 Å². The molecule has 0 aromatic rings. The van der Waals surface area contributed by atoms with Crippen molar-refractivity contribution in [3.63, 3.8) is 0 Å². The lowest BCUT2D eigenvalue weighted by Gasteiger charge is -2.35. The zero-order chi connectivity index (χ0) is 27.4. The average Bonchev–Trinajstić information content (AvgIpc) is 2.53. The van der Waals surface area contributed by atoms with Crippen molar-refractivity contribution < 1.29 is 85.4 Å². The van der Waals surface area contributed by atoms with Gasteiger partial charge in [-0.25, -0.2) is 9.59 Å². The van der Waals surface area contributed by atoms with Crippen molar-refractivity contribution in [2.24, 2.45) is 0 Å². The molecule has 0 unspecified atom stereocenters. The van der Waals surface area contributed by atoms with Gasteiger partial charge in [-0.05, 0) is 0 Å². The van der Waals surface area contributed by atoms with Crippen LogP contribution in [0.25, 0.3) is 0 Å². The summed E-state index contributed by atoms with van der Waals surface area (Å²) in [6.45, 7) is 0. The maximum absolute atomic E-state index is 12.9. The maximum atomic E-state index is 12.9. The summed E-state index contributed by atoms with van der Waals surface area (Å²) in [6, 6.07) is 0. The Morgan fingerprint density at radius 3 is 0.912 bits per heavy atom. The lowest BCUT2D eigenvalue weighted by molar-refractivity contribution is -0.229. The topological polar surface area (TPSA) is 88.1 Å². The first-order chi connectivity index (χ1) is 14.9. The summed E-state index contributed by atoms with van der Waals surface area (Å²) in [5, 5.41) is 0. The molecule has 0 amide bonds. The van der Waals surface area contributed by atoms with E-state index in [0.29, 0.717) is 0 Å². The largest absolute Gasteiger partial charge is 0.467 e. The minimum absolute atomic E-state index is 0.261. The number of ether oxygens (including phenoxy) is 2. The van der Waals surface area contributed by atoms with E-state index in [2.05, 4.69) is 18.5 Å². The van der Waals surface area contributed by atoms with E-state index in [9.17, 15) is 66.8 Å². The minimum atomic E-state index is -5.70. The molecule has 202 valence electrons. The molecule has 0 aromatic heterocycles. The molecular weight excluding hydrogens is 539 g/mol. The second kappa shape index (κ2) is 10.9. The number of esters is 2. The van der Waals surface area contributed by atoms with Gasteiger partial charge >= 0.3 is 44.9 Å². The molecule has 0 fully saturated rings. The van der Waals surface area contributed by atoms with Crippen LogP contribution in [0.15, 0.2) is 0 Å². The van der Waals surface area contributed by atoms with Crippen LogP contribution in [-0.4, -0.2) is 62.1 Å². The molecule has 0 aliphatic rings. The van der Waals surface area contributed by atoms with Crippen LogP contribution >= 0.6 is 8.25 Å². The van der Waals surface area contributed by atoms with Crippen molar-refractivity contribution >= 4 is 20.2 Å². The Morgan fingerprint density at radius 1 is 0.559 bits per heavy atom. The molecule has 0 N–H and O–H groups in total. The van der Waals surface area contributed by atoms with Gasteiger partial charge in [-0.1, -0.05) is 0 Å². The Balaban J connectivity index is 6.57. The highest BCUT2D eigenvalue weighted by Crippen LogP contribution is 2.50. The van der Waals surface area contributed by atoms with Crippen molar-refractivity contribution in [1.29, 1.82) is 0 Å². The van der Waals surface area contributed by atoms with Gasteiger partial charge in [0.05, 0.1) is 39.9 Å². The van der Waals surface area contributed by atoms with Gasteiger partial charge in [-0.15, -0.1) is 0 Å². The van der Waals surface area contributed by atoms with Crippen LogP contribution in [0.1, 0.15) is 25.7 Å². The number of halogens is 12. The van der Waals surface area contributed by atoms with Gasteiger partial charge in [0.15, 0.2) is 11.2 Å². The summed E-state index contributed by atoms with van der Waals surface area (Å²) >= 11 is 0. The molecule has 0 spiro atoms. The van der Waals surface area contributed by atoms with Crippen LogP contribution in [0.2, 0.25) is 0 Å². The molecule has 0 radical (unpaired) electrons. The first kappa shape index (κ1) is 32.2. The van der Waals surface area contributed by atoms with Crippen LogP contribution in [0.4, 0.5) is 52.7 Å². The van der Waals surface area contributed by atoms with Crippen molar-refractivity contribution in [2.45, 2.75) is 61.6 Å². The number of hydrogen-bond acceptors (Lipinski definition) is 7. The van der Waals surface area contributed by atoms with E-state index in [1.807, 2.05) is 0 Å². The standard InChI is InChI=1S/C14H15F12O7P/c1-30-7(27)9(3-11(15,16)17,4-12(18,19)20)32-34(29)33-10(8(28)31-2,5-13(21,22)23)6-14(24,25)26/h34H,3-6H2,1-2H3. The van der Waals surface area contributed by atoms with Gasteiger partial charge < -0.3 is 9.47 Å². The van der Waals surface area contributed by atoms with Gasteiger partial charge in [-0.2, -0.15) is 52.7 Å². The van der Waals surface area contributed by atoms with Crippen molar-refractivity contribution in [2.75, 3.05) is 14.2 Å². The summed E-state index contributed by atoms with van der Waals surface area (Å²) in [5.41, 5.74) is -8.61. The zero-order valence-electron chi connectivity index (χ0n) is 16.7. The molecule has 0 atom stereocenters. The Morgan fingerprint density at radius 2 is 0.765 bits per heavy atom. The number of methoxy groups -OCH3 is 2. The van der Waals surface area contributed by atoms with Crippen molar-refractivity contribution in [1.82, 2.24) is 0 Å². The van der Waals surface area contributed by atoms with Crippen molar-refractivity contribution in [3.05, 3.63) is 0 Å². The zero-order valence-corrected chi connectivity index (χ0v) is 17.7. The average molecular weight is 554 g/mol. The number of carbonyl (C=O) groups is 2. The molecule has 7 nitrogen and oxygen atoms in total. The molecule has 0 rings (SSSR count). The smallest absolute Gasteiger partial charge is 0.392 e. The third-order valence-electron chi connectivity index (χ3n) is 3.62. The van der Waals surface area contributed by atoms with Crippen molar-refractivity contribution in [3.8, 4) is 0 Å². The Labute approximate surface area is 182 Å². The molecule has 0 aromatic carbocycles. The molecule has 0 heterocycles. The quantitative estimate of drug-likeness (QED) is 0.213. The SMILES string of the molecule is COC(=O)C(CC(F)(F)F)(CC(F)(F)F)O[PH](=O)OC(CC(F)(F)F)(CC(F)(F)F)C(=O)OC. The van der Waals surface area contributed by atoms with E-state index < -0.39 is 81.8 Å². The lowest BCUT2D eigenvalue weighted by atomic mass is 9.95. The molecule has 0 aliphatic heterocycles. The van der Waals surface area contributed by atoms with Crippen LogP contribution in [0.3, 0.4) is 0 Å². The van der Waals surface area contributed by atoms with Gasteiger partial charge in [0.25, 0.3) is 0 Å². The Bertz CT molecular complexity index is 649. The van der Waals surface area contributed by atoms with Gasteiger partial charge in [0.2, 0.25) is 0 Å². The Hall–Kier alpha value is -1.75. The highest BCUT2D eigenvalue weighted by atomic mass is 31.1. The highest BCUT2D eigenvalue weighted by molar-refractivity contribution is 7.33. The normalized spacial score (nSPS) is 14.3. The highest BCUT2D eigenvalue weighted by Gasteiger charge is 2.60. The molecule has 20 heteroatoms. The van der Waals surface area contributed by atoms with E-state index in [1.165, 1.54) is 0 Å². The van der Waals surface area contributed by atoms with Crippen LogP contribution < -0.4 is 0 Å². The summed E-state index contributed by atoms with van der Waals surface area (Å²) in [4.78, 5) is 23.5. The first-order valence-electron chi connectivity index (χ1n) is 8.25. The Kier molecular flexibility index (Phi) is 10.3. The summed E-state index contributed by atoms with van der Waals surface area (Å²) in [5.74, 6) is -4.97. The van der Waals surface area contributed by atoms with E-state index in [0.717, 1.165) is 0 Å². The summed E-state index contributed by atoms with van der Waals surface area (Å²) in [6.07, 6.45) is -34.4. The number of hydrogen-bond donors (Lipinski definition) is 0. The fraction of sp³-hybridized carbons (Fsp3) is 0.857. The third kappa shape index (κ3) is 11.1. The van der Waals surface area contributed by atoms with E-state index in [1.54, 1.807) is 0 Å². The first-order valence-corrected chi connectivity index (χ1v) is 9.47. The van der Waals surface area contributed by atoms with E-state index >= 15 is 0 Å². The summed E-state index contributed by atoms with van der Waals surface area (Å²) in [7, 11) is -4.83. The van der Waals surface area contributed by atoms with E-state index in [-0.39, 0.29) is 14.2 Å². The molecule has 0 saturated carbocycles. The number of alkyl halides is 12. The van der Waals surface area contributed by atoms with Crippen LogP contribution in [0.5, 0.6) is 0 Å². The number of carbonyl (C=O) groups excluding carboxylic acids is 2. The summed E-state index contributed by atoms with van der Waals surface area (Å²) < 4.78 is 182. The van der Waals surface area contributed by atoms with Gasteiger partial charge in [0, 0.05) is 0 Å². The minimum Gasteiger partial charge on any atom is -0.467 e. The molecule has 0 bridgehead atoms. The molecular formula is C14H15F12O7P. The monoisotopic (exact) mass is 554 g/mol. The van der Waals surface area contributed by atoms with Crippen LogP contribution in [0, 0.1) is 0 Å². The molecule has 0 aliphatic carbocycles. The van der Waals surface area contributed by atoms with Gasteiger partial charge in [0.1, 0.15) is 0 Å². The number of rotatable bonds is 10. The van der Waals surface area contributed by atoms with E-state index in [4.69, 9.17) is 0 Å². The predicted octanol–water partition coefficient (Wildman–Crippen LogP) is 5.04. The molecule has 34 heavy (non-hydrogen) atoms. The predicted molar refractivity (Wildman–Crippen MR) is 83.4 cm³/mol. The van der Waals surface area contributed by atoms with Crippen LogP contribution in [-0.2, 0) is 32.7 Å². The molecule has 0 saturated heterocycles. The second-order valence-electron chi connectivity index (χ2n) is 6.59. The second-order valence-corrected chi connectivity index (χ2v) is 7.50.